The SMILES string of the molecule is CC(=O)Cc1ccc(C#Cc2cn(C)c3cccc(F)c23)c(Cl)c1. The van der Waals surface area contributed by atoms with Crippen molar-refractivity contribution in [2.75, 3.05) is 0 Å². The topological polar surface area (TPSA) is 22.0 Å². The van der Waals surface area contributed by atoms with Crippen LogP contribution in [-0.2, 0) is 18.3 Å². The largest absolute Gasteiger partial charge is 0.349 e. The minimum absolute atomic E-state index is 0.0798. The highest BCUT2D eigenvalue weighted by Gasteiger charge is 2.09. The summed E-state index contributed by atoms with van der Waals surface area (Å²) in [6.07, 6.45) is 2.15. The monoisotopic (exact) mass is 339 g/mol. The number of carbonyl (C=O) groups excluding carboxylic acids is 1. The molecule has 0 N–H and O–H groups in total. The average molecular weight is 340 g/mol. The van der Waals surface area contributed by atoms with Gasteiger partial charge in [-0.2, -0.15) is 0 Å². The lowest BCUT2D eigenvalue weighted by Crippen LogP contribution is -1.96. The van der Waals surface area contributed by atoms with E-state index in [9.17, 15) is 9.18 Å². The highest BCUT2D eigenvalue weighted by molar-refractivity contribution is 6.31. The Kier molecular flexibility index (Phi) is 4.42. The molecule has 0 fully saturated rings. The van der Waals surface area contributed by atoms with E-state index in [0.29, 0.717) is 28.0 Å². The molecule has 0 unspecified atom stereocenters. The summed E-state index contributed by atoms with van der Waals surface area (Å²) in [7, 11) is 1.86. The first-order valence-corrected chi connectivity index (χ1v) is 7.87. The summed E-state index contributed by atoms with van der Waals surface area (Å²) in [5.41, 5.74) is 2.92. The van der Waals surface area contributed by atoms with Crippen LogP contribution in [0.5, 0.6) is 0 Å². The van der Waals surface area contributed by atoms with Gasteiger partial charge in [-0.15, -0.1) is 0 Å². The zero-order valence-corrected chi connectivity index (χ0v) is 14.1. The fourth-order valence-electron chi connectivity index (χ4n) is 2.69. The third-order valence-corrected chi connectivity index (χ3v) is 4.09. The maximum absolute atomic E-state index is 14.1. The van der Waals surface area contributed by atoms with Gasteiger partial charge >= 0.3 is 0 Å². The van der Waals surface area contributed by atoms with Crippen LogP contribution in [0.4, 0.5) is 4.39 Å². The van der Waals surface area contributed by atoms with Crippen LogP contribution in [0.15, 0.2) is 42.6 Å². The van der Waals surface area contributed by atoms with E-state index in [1.807, 2.05) is 23.7 Å². The third-order valence-electron chi connectivity index (χ3n) is 3.78. The maximum atomic E-state index is 14.1. The highest BCUT2D eigenvalue weighted by Crippen LogP contribution is 2.23. The van der Waals surface area contributed by atoms with Crippen molar-refractivity contribution in [1.82, 2.24) is 4.57 Å². The number of benzene rings is 2. The van der Waals surface area contributed by atoms with Crippen molar-refractivity contribution in [3.8, 4) is 11.8 Å². The van der Waals surface area contributed by atoms with Crippen LogP contribution >= 0.6 is 11.6 Å². The van der Waals surface area contributed by atoms with Crippen LogP contribution in [0, 0.1) is 17.7 Å². The standard InChI is InChI=1S/C20H15ClFNO/c1-13(24)10-14-6-7-15(17(21)11-14)8-9-16-12-23(2)19-5-3-4-18(22)20(16)19/h3-7,11-12H,10H2,1-2H3. The number of aromatic nitrogens is 1. The molecule has 0 atom stereocenters. The van der Waals surface area contributed by atoms with Gasteiger partial charge in [-0.3, -0.25) is 4.79 Å². The number of hydrogen-bond donors (Lipinski definition) is 0. The second-order valence-electron chi connectivity index (χ2n) is 5.73. The quantitative estimate of drug-likeness (QED) is 0.630. The molecule has 4 heteroatoms. The molecule has 0 saturated carbocycles. The molecule has 2 nitrogen and oxygen atoms in total. The molecule has 0 amide bonds. The molecular weight excluding hydrogens is 325 g/mol. The summed E-state index contributed by atoms with van der Waals surface area (Å²) in [6.45, 7) is 1.54. The second-order valence-corrected chi connectivity index (χ2v) is 6.14. The van der Waals surface area contributed by atoms with Crippen molar-refractivity contribution in [2.24, 2.45) is 7.05 Å². The normalized spacial score (nSPS) is 10.5. The van der Waals surface area contributed by atoms with Gasteiger partial charge in [-0.25, -0.2) is 4.39 Å². The summed E-state index contributed by atoms with van der Waals surface area (Å²) in [5.74, 6) is 5.79. The number of nitrogens with zero attached hydrogens (tertiary/aromatic N) is 1. The Morgan fingerprint density at radius 3 is 2.67 bits per heavy atom. The van der Waals surface area contributed by atoms with Crippen molar-refractivity contribution in [3.63, 3.8) is 0 Å². The molecule has 0 radical (unpaired) electrons. The zero-order chi connectivity index (χ0) is 17.3. The van der Waals surface area contributed by atoms with E-state index in [0.717, 1.165) is 11.1 Å². The van der Waals surface area contributed by atoms with Gasteiger partial charge in [-0.05, 0) is 36.8 Å². The molecule has 0 spiro atoms. The molecule has 0 saturated heterocycles. The molecule has 0 bridgehead atoms. The number of fused-ring (bicyclic) bond motifs is 1. The molecular formula is C20H15ClFNO. The highest BCUT2D eigenvalue weighted by atomic mass is 35.5. The van der Waals surface area contributed by atoms with Crippen molar-refractivity contribution in [3.05, 3.63) is 70.1 Å². The van der Waals surface area contributed by atoms with Crippen LogP contribution in [0.25, 0.3) is 10.9 Å². The van der Waals surface area contributed by atoms with Gasteiger partial charge in [0.15, 0.2) is 0 Å². The maximum Gasteiger partial charge on any atom is 0.134 e. The zero-order valence-electron chi connectivity index (χ0n) is 13.4. The molecule has 0 aliphatic rings. The van der Waals surface area contributed by atoms with Crippen LogP contribution in [0.1, 0.15) is 23.6 Å². The van der Waals surface area contributed by atoms with E-state index in [1.165, 1.54) is 13.0 Å². The van der Waals surface area contributed by atoms with Gasteiger partial charge in [0.05, 0.1) is 21.5 Å². The van der Waals surface area contributed by atoms with Gasteiger partial charge in [0.2, 0.25) is 0 Å². The van der Waals surface area contributed by atoms with E-state index in [-0.39, 0.29) is 11.6 Å². The first-order valence-electron chi connectivity index (χ1n) is 7.49. The van der Waals surface area contributed by atoms with Crippen molar-refractivity contribution in [1.29, 1.82) is 0 Å². The Labute approximate surface area is 144 Å². The van der Waals surface area contributed by atoms with Crippen LogP contribution in [0.3, 0.4) is 0 Å². The second kappa shape index (κ2) is 6.51. The molecule has 3 rings (SSSR count). The predicted molar refractivity (Wildman–Crippen MR) is 94.7 cm³/mol. The fourth-order valence-corrected chi connectivity index (χ4v) is 2.94. The molecule has 2 aromatic carbocycles. The number of Topliss-reactive ketones (excluding diaryl/α,β-unsaturated/α-hetero) is 1. The number of carbonyl (C=O) groups is 1. The lowest BCUT2D eigenvalue weighted by Gasteiger charge is -2.01. The first kappa shape index (κ1) is 16.3. The smallest absolute Gasteiger partial charge is 0.134 e. The Morgan fingerprint density at radius 1 is 1.21 bits per heavy atom. The number of ketones is 1. The van der Waals surface area contributed by atoms with Crippen molar-refractivity contribution >= 4 is 28.3 Å². The predicted octanol–water partition coefficient (Wildman–Crippen LogP) is 4.50. The van der Waals surface area contributed by atoms with Crippen LogP contribution in [-0.4, -0.2) is 10.4 Å². The van der Waals surface area contributed by atoms with E-state index >= 15 is 0 Å². The van der Waals surface area contributed by atoms with Crippen LogP contribution < -0.4 is 0 Å². The molecule has 1 aromatic heterocycles. The minimum Gasteiger partial charge on any atom is -0.349 e. The number of rotatable bonds is 2. The van der Waals surface area contributed by atoms with Crippen molar-refractivity contribution < 1.29 is 9.18 Å². The summed E-state index contributed by atoms with van der Waals surface area (Å²) in [4.78, 5) is 11.2. The summed E-state index contributed by atoms with van der Waals surface area (Å²) < 4.78 is 15.9. The van der Waals surface area contributed by atoms with Gasteiger partial charge in [-0.1, -0.05) is 35.6 Å². The molecule has 0 aliphatic heterocycles. The Morgan fingerprint density at radius 2 is 1.96 bits per heavy atom. The number of aryl methyl sites for hydroxylation is 1. The number of halogens is 2. The lowest BCUT2D eigenvalue weighted by molar-refractivity contribution is -0.116. The first-order chi connectivity index (χ1) is 11.5. The Hall–Kier alpha value is -2.57. The summed E-state index contributed by atoms with van der Waals surface area (Å²) in [5, 5.41) is 0.999. The van der Waals surface area contributed by atoms with E-state index in [1.54, 1.807) is 24.4 Å². The third kappa shape index (κ3) is 3.20. The van der Waals surface area contributed by atoms with Crippen molar-refractivity contribution in [2.45, 2.75) is 13.3 Å². The van der Waals surface area contributed by atoms with E-state index < -0.39 is 0 Å². The lowest BCUT2D eigenvalue weighted by atomic mass is 10.1. The van der Waals surface area contributed by atoms with E-state index in [2.05, 4.69) is 11.8 Å². The Bertz CT molecular complexity index is 1010. The van der Waals surface area contributed by atoms with Crippen LogP contribution in [0.2, 0.25) is 5.02 Å². The molecule has 24 heavy (non-hydrogen) atoms. The number of hydrogen-bond acceptors (Lipinski definition) is 1. The summed E-state index contributed by atoms with van der Waals surface area (Å²) in [6, 6.07) is 10.3. The Balaban J connectivity index is 2.01. The molecule has 0 aliphatic carbocycles. The van der Waals surface area contributed by atoms with Gasteiger partial charge in [0.25, 0.3) is 0 Å². The fraction of sp³-hybridized carbons (Fsp3) is 0.150. The molecule has 120 valence electrons. The minimum atomic E-state index is -0.291. The van der Waals surface area contributed by atoms with Gasteiger partial charge in [0.1, 0.15) is 11.6 Å². The summed E-state index contributed by atoms with van der Waals surface area (Å²) >= 11 is 6.24. The molecule has 1 heterocycles. The van der Waals surface area contributed by atoms with Gasteiger partial charge in [0, 0.05) is 25.2 Å². The molecule has 3 aromatic rings. The van der Waals surface area contributed by atoms with Gasteiger partial charge < -0.3 is 4.57 Å². The average Bonchev–Trinajstić information content (AvgIpc) is 2.84. The van der Waals surface area contributed by atoms with E-state index in [4.69, 9.17) is 11.6 Å².